The Labute approximate surface area is 133 Å². The van der Waals surface area contributed by atoms with E-state index in [-0.39, 0.29) is 5.69 Å². The summed E-state index contributed by atoms with van der Waals surface area (Å²) in [6, 6.07) is 12.1. The smallest absolute Gasteiger partial charge is 0.271 e. The lowest BCUT2D eigenvalue weighted by Crippen LogP contribution is -2.33. The van der Waals surface area contributed by atoms with Crippen molar-refractivity contribution in [2.24, 2.45) is 0 Å². The average molecular weight is 316 g/mol. The van der Waals surface area contributed by atoms with Gasteiger partial charge in [0.1, 0.15) is 0 Å². The van der Waals surface area contributed by atoms with Crippen LogP contribution in [0.4, 0.5) is 17.1 Å². The molecule has 0 radical (unpaired) electrons. The Morgan fingerprint density at radius 2 is 1.91 bits per heavy atom. The summed E-state index contributed by atoms with van der Waals surface area (Å²) in [5, 5.41) is 14.2. The first-order chi connectivity index (χ1) is 10.5. The number of hydrogen-bond donors (Lipinski definition) is 3. The number of nitrogens with one attached hydrogen (secondary N) is 3. The second-order valence-electron chi connectivity index (χ2n) is 4.76. The van der Waals surface area contributed by atoms with Gasteiger partial charge in [0.2, 0.25) is 0 Å². The first-order valence-electron chi connectivity index (χ1n) is 6.61. The maximum atomic E-state index is 10.7. The Morgan fingerprint density at radius 1 is 1.18 bits per heavy atom. The quantitative estimate of drug-likeness (QED) is 0.455. The van der Waals surface area contributed by atoms with Gasteiger partial charge in [-0.3, -0.25) is 21.0 Å². The highest BCUT2D eigenvalue weighted by Crippen LogP contribution is 2.18. The third-order valence-electron chi connectivity index (χ3n) is 3.23. The van der Waals surface area contributed by atoms with Crippen LogP contribution >= 0.6 is 12.2 Å². The molecule has 0 amide bonds. The van der Waals surface area contributed by atoms with Crippen LogP contribution in [0.25, 0.3) is 0 Å². The second-order valence-corrected chi connectivity index (χ2v) is 5.17. The van der Waals surface area contributed by atoms with Gasteiger partial charge >= 0.3 is 0 Å². The van der Waals surface area contributed by atoms with E-state index in [2.05, 4.69) is 16.2 Å². The molecule has 3 N–H and O–H groups in total. The summed E-state index contributed by atoms with van der Waals surface area (Å²) in [6.45, 7) is 4.03. The van der Waals surface area contributed by atoms with Crippen molar-refractivity contribution >= 4 is 34.4 Å². The summed E-state index contributed by atoms with van der Waals surface area (Å²) >= 11 is 5.20. The number of aryl methyl sites for hydroxylation is 1. The molecule has 0 atom stereocenters. The number of rotatable bonds is 4. The number of nitrogens with zero attached hydrogens (tertiary/aromatic N) is 1. The maximum Gasteiger partial charge on any atom is 0.271 e. The van der Waals surface area contributed by atoms with E-state index in [0.717, 1.165) is 11.3 Å². The maximum absolute atomic E-state index is 10.7. The van der Waals surface area contributed by atoms with Crippen molar-refractivity contribution < 1.29 is 4.92 Å². The predicted molar refractivity (Wildman–Crippen MR) is 92.0 cm³/mol. The summed E-state index contributed by atoms with van der Waals surface area (Å²) in [6.07, 6.45) is 0. The van der Waals surface area contributed by atoms with Gasteiger partial charge in [-0.1, -0.05) is 18.2 Å². The summed E-state index contributed by atoms with van der Waals surface area (Å²) in [5.41, 5.74) is 9.41. The van der Waals surface area contributed by atoms with Gasteiger partial charge in [0, 0.05) is 17.8 Å². The number of nitro benzene ring substituents is 1. The minimum Gasteiger partial charge on any atom is -0.331 e. The van der Waals surface area contributed by atoms with E-state index in [0.29, 0.717) is 10.8 Å². The largest absolute Gasteiger partial charge is 0.331 e. The van der Waals surface area contributed by atoms with E-state index >= 15 is 0 Å². The van der Waals surface area contributed by atoms with Crippen molar-refractivity contribution in [3.63, 3.8) is 0 Å². The van der Waals surface area contributed by atoms with Crippen LogP contribution in [0, 0.1) is 24.0 Å². The Balaban J connectivity index is 1.97. The molecule has 0 spiro atoms. The molecule has 0 unspecified atom stereocenters. The van der Waals surface area contributed by atoms with Gasteiger partial charge in [-0.2, -0.15) is 0 Å². The monoisotopic (exact) mass is 316 g/mol. The molecule has 0 aromatic heterocycles. The van der Waals surface area contributed by atoms with Gasteiger partial charge in [-0.05, 0) is 49.3 Å². The number of nitro groups is 1. The fraction of sp³-hybridized carbons (Fsp3) is 0.133. The van der Waals surface area contributed by atoms with Crippen molar-refractivity contribution in [1.29, 1.82) is 0 Å². The molecule has 114 valence electrons. The van der Waals surface area contributed by atoms with Crippen LogP contribution in [0.3, 0.4) is 0 Å². The van der Waals surface area contributed by atoms with E-state index in [1.54, 1.807) is 12.1 Å². The number of benzene rings is 2. The molecule has 0 heterocycles. The van der Waals surface area contributed by atoms with Crippen LogP contribution in [0.5, 0.6) is 0 Å². The van der Waals surface area contributed by atoms with Gasteiger partial charge in [-0.15, -0.1) is 0 Å². The Kier molecular flexibility index (Phi) is 4.90. The van der Waals surface area contributed by atoms with Gasteiger partial charge in [-0.25, -0.2) is 0 Å². The third kappa shape index (κ3) is 3.92. The normalized spacial score (nSPS) is 9.91. The highest BCUT2D eigenvalue weighted by atomic mass is 32.1. The Hall–Kier alpha value is -2.67. The van der Waals surface area contributed by atoms with Crippen LogP contribution < -0.4 is 16.2 Å². The Morgan fingerprint density at radius 3 is 2.64 bits per heavy atom. The van der Waals surface area contributed by atoms with Gasteiger partial charge < -0.3 is 5.32 Å². The fourth-order valence-corrected chi connectivity index (χ4v) is 2.03. The van der Waals surface area contributed by atoms with Gasteiger partial charge in [0.25, 0.3) is 5.69 Å². The zero-order valence-corrected chi connectivity index (χ0v) is 13.0. The summed E-state index contributed by atoms with van der Waals surface area (Å²) in [5.74, 6) is 0. The van der Waals surface area contributed by atoms with Crippen LogP contribution in [-0.2, 0) is 0 Å². The van der Waals surface area contributed by atoms with Crippen LogP contribution in [-0.4, -0.2) is 10.0 Å². The Bertz CT molecular complexity index is 718. The predicted octanol–water partition coefficient (Wildman–Crippen LogP) is 3.53. The third-order valence-corrected chi connectivity index (χ3v) is 3.43. The van der Waals surface area contributed by atoms with Crippen molar-refractivity contribution in [1.82, 2.24) is 5.43 Å². The lowest BCUT2D eigenvalue weighted by atomic mass is 10.1. The fourth-order valence-electron chi connectivity index (χ4n) is 1.87. The van der Waals surface area contributed by atoms with E-state index in [9.17, 15) is 10.1 Å². The summed E-state index contributed by atoms with van der Waals surface area (Å²) in [7, 11) is 0. The molecule has 0 aliphatic carbocycles. The zero-order valence-electron chi connectivity index (χ0n) is 12.2. The van der Waals surface area contributed by atoms with E-state index in [4.69, 9.17) is 12.2 Å². The summed E-state index contributed by atoms with van der Waals surface area (Å²) < 4.78 is 0. The van der Waals surface area contributed by atoms with Gasteiger partial charge in [0.15, 0.2) is 5.11 Å². The van der Waals surface area contributed by atoms with Crippen LogP contribution in [0.15, 0.2) is 42.5 Å². The van der Waals surface area contributed by atoms with E-state index < -0.39 is 4.92 Å². The molecule has 0 saturated heterocycles. The number of hydrogen-bond acceptors (Lipinski definition) is 4. The zero-order chi connectivity index (χ0) is 16.1. The first kappa shape index (κ1) is 15.7. The van der Waals surface area contributed by atoms with Gasteiger partial charge in [0.05, 0.1) is 10.6 Å². The number of non-ortho nitro benzene ring substituents is 1. The standard InChI is InChI=1S/C15H16N4O2S/c1-10-5-3-8-14(11(10)2)16-15(22)18-17-12-6-4-7-13(9-12)19(20)21/h3-9,17H,1-2H3,(H2,16,18,22). The lowest BCUT2D eigenvalue weighted by molar-refractivity contribution is -0.384. The molecule has 0 fully saturated rings. The highest BCUT2D eigenvalue weighted by Gasteiger charge is 2.06. The molecule has 2 aromatic rings. The van der Waals surface area contributed by atoms with Crippen LogP contribution in [0.2, 0.25) is 0 Å². The molecular weight excluding hydrogens is 300 g/mol. The number of anilines is 2. The van der Waals surface area contributed by atoms with Crippen molar-refractivity contribution in [3.05, 3.63) is 63.7 Å². The minimum atomic E-state index is -0.447. The SMILES string of the molecule is Cc1cccc(NC(=S)NNc2cccc([N+](=O)[O-])c2)c1C. The summed E-state index contributed by atoms with van der Waals surface area (Å²) in [4.78, 5) is 10.3. The topological polar surface area (TPSA) is 79.2 Å². The van der Waals surface area contributed by atoms with Crippen molar-refractivity contribution in [2.45, 2.75) is 13.8 Å². The van der Waals surface area contributed by atoms with E-state index in [1.807, 2.05) is 32.0 Å². The highest BCUT2D eigenvalue weighted by molar-refractivity contribution is 7.80. The molecule has 0 bridgehead atoms. The number of hydrazine groups is 1. The molecule has 0 aliphatic heterocycles. The molecule has 7 heteroatoms. The average Bonchev–Trinajstić information content (AvgIpc) is 2.50. The second kappa shape index (κ2) is 6.86. The van der Waals surface area contributed by atoms with Crippen LogP contribution in [0.1, 0.15) is 11.1 Å². The molecule has 0 aliphatic rings. The van der Waals surface area contributed by atoms with Crippen molar-refractivity contribution in [3.8, 4) is 0 Å². The molecular formula is C15H16N4O2S. The molecule has 2 aromatic carbocycles. The lowest BCUT2D eigenvalue weighted by Gasteiger charge is -2.14. The molecule has 6 nitrogen and oxygen atoms in total. The molecule has 2 rings (SSSR count). The van der Waals surface area contributed by atoms with Crippen molar-refractivity contribution in [2.75, 3.05) is 10.7 Å². The minimum absolute atomic E-state index is 0.0141. The molecule has 0 saturated carbocycles. The first-order valence-corrected chi connectivity index (χ1v) is 7.02. The molecule has 22 heavy (non-hydrogen) atoms. The van der Waals surface area contributed by atoms with E-state index in [1.165, 1.54) is 17.7 Å². The number of thiocarbonyl (C=S) groups is 1.